The highest BCUT2D eigenvalue weighted by Crippen LogP contribution is 2.33. The first kappa shape index (κ1) is 21.0. The summed E-state index contributed by atoms with van der Waals surface area (Å²) in [5, 5.41) is 7.96. The van der Waals surface area contributed by atoms with Gasteiger partial charge in [0, 0.05) is 73.2 Å². The van der Waals surface area contributed by atoms with E-state index in [1.807, 2.05) is 36.5 Å². The van der Waals surface area contributed by atoms with Gasteiger partial charge in [0.2, 0.25) is 0 Å². The Kier molecular flexibility index (Phi) is 5.95. The van der Waals surface area contributed by atoms with Crippen LogP contribution in [0.15, 0.2) is 73.1 Å². The number of methoxy groups -OCH3 is 1. The smallest absolute Gasteiger partial charge is 0.144 e. The molecule has 5 rings (SSSR count). The van der Waals surface area contributed by atoms with Crippen molar-refractivity contribution < 1.29 is 4.74 Å². The van der Waals surface area contributed by atoms with Crippen LogP contribution < -0.4 is 20.3 Å². The SMILES string of the molecule is COc1cc(N2CCN(C)CC2)ccc1Nc1cc(Nc2ccc3ncccc3c2)ccn1. The van der Waals surface area contributed by atoms with Gasteiger partial charge in [0.1, 0.15) is 11.6 Å². The van der Waals surface area contributed by atoms with E-state index in [2.05, 4.69) is 67.8 Å². The summed E-state index contributed by atoms with van der Waals surface area (Å²) in [6.45, 7) is 4.18. The Hall–Kier alpha value is -3.84. The number of hydrogen-bond donors (Lipinski definition) is 2. The van der Waals surface area contributed by atoms with Gasteiger partial charge in [-0.25, -0.2) is 4.98 Å². The number of likely N-dealkylation sites (N-methyl/N-ethyl adjacent to an activating group) is 1. The van der Waals surface area contributed by atoms with Crippen molar-refractivity contribution in [3.05, 3.63) is 73.1 Å². The zero-order valence-corrected chi connectivity index (χ0v) is 19.0. The van der Waals surface area contributed by atoms with E-state index >= 15 is 0 Å². The number of nitrogens with one attached hydrogen (secondary N) is 2. The molecule has 0 saturated carbocycles. The van der Waals surface area contributed by atoms with Crippen molar-refractivity contribution in [2.75, 3.05) is 55.9 Å². The zero-order valence-electron chi connectivity index (χ0n) is 19.0. The predicted octanol–water partition coefficient (Wildman–Crippen LogP) is 4.88. The molecule has 4 aromatic rings. The fraction of sp³-hybridized carbons (Fsp3) is 0.231. The third kappa shape index (κ3) is 4.83. The van der Waals surface area contributed by atoms with Gasteiger partial charge in [0.15, 0.2) is 0 Å². The van der Waals surface area contributed by atoms with Crippen LogP contribution in [-0.4, -0.2) is 55.2 Å². The molecule has 33 heavy (non-hydrogen) atoms. The predicted molar refractivity (Wildman–Crippen MR) is 135 cm³/mol. The monoisotopic (exact) mass is 440 g/mol. The number of fused-ring (bicyclic) bond motifs is 1. The Labute approximate surface area is 194 Å². The summed E-state index contributed by atoms with van der Waals surface area (Å²) in [7, 11) is 3.87. The van der Waals surface area contributed by atoms with Crippen LogP contribution in [0.25, 0.3) is 10.9 Å². The lowest BCUT2D eigenvalue weighted by Gasteiger charge is -2.34. The number of pyridine rings is 2. The average Bonchev–Trinajstić information content (AvgIpc) is 2.85. The Morgan fingerprint density at radius 1 is 0.818 bits per heavy atom. The van der Waals surface area contributed by atoms with Crippen LogP contribution in [0.1, 0.15) is 0 Å². The third-order valence-electron chi connectivity index (χ3n) is 5.97. The van der Waals surface area contributed by atoms with Gasteiger partial charge in [0.05, 0.1) is 18.3 Å². The molecule has 2 N–H and O–H groups in total. The molecule has 1 aliphatic rings. The molecule has 3 heterocycles. The molecule has 0 radical (unpaired) electrons. The molecule has 2 aromatic carbocycles. The molecule has 168 valence electrons. The Morgan fingerprint density at radius 2 is 1.67 bits per heavy atom. The summed E-state index contributed by atoms with van der Waals surface area (Å²) in [5.41, 5.74) is 4.99. The molecule has 0 atom stereocenters. The van der Waals surface area contributed by atoms with Crippen LogP contribution in [0, 0.1) is 0 Å². The summed E-state index contributed by atoms with van der Waals surface area (Å²) in [4.78, 5) is 13.6. The quantitative estimate of drug-likeness (QED) is 0.443. The van der Waals surface area contributed by atoms with Crippen LogP contribution in [0.3, 0.4) is 0 Å². The van der Waals surface area contributed by atoms with Gasteiger partial charge in [-0.3, -0.25) is 4.98 Å². The molecular weight excluding hydrogens is 412 g/mol. The summed E-state index contributed by atoms with van der Waals surface area (Å²) in [5.74, 6) is 1.54. The Bertz CT molecular complexity index is 1250. The number of benzene rings is 2. The fourth-order valence-corrected chi connectivity index (χ4v) is 4.08. The van der Waals surface area contributed by atoms with Crippen LogP contribution in [0.2, 0.25) is 0 Å². The minimum atomic E-state index is 0.744. The van der Waals surface area contributed by atoms with Crippen molar-refractivity contribution in [3.8, 4) is 5.75 Å². The lowest BCUT2D eigenvalue weighted by Crippen LogP contribution is -2.44. The van der Waals surface area contributed by atoms with Crippen molar-refractivity contribution in [2.45, 2.75) is 0 Å². The number of hydrogen-bond acceptors (Lipinski definition) is 7. The minimum absolute atomic E-state index is 0.744. The Balaban J connectivity index is 1.32. The maximum Gasteiger partial charge on any atom is 0.144 e. The maximum atomic E-state index is 5.69. The van der Waals surface area contributed by atoms with Gasteiger partial charge in [-0.2, -0.15) is 0 Å². The molecule has 0 bridgehead atoms. The average molecular weight is 441 g/mol. The van der Waals surface area contributed by atoms with Gasteiger partial charge in [-0.05, 0) is 49.5 Å². The lowest BCUT2D eigenvalue weighted by atomic mass is 10.2. The minimum Gasteiger partial charge on any atom is -0.494 e. The number of piperazine rings is 1. The van der Waals surface area contributed by atoms with Gasteiger partial charge in [-0.15, -0.1) is 0 Å². The first-order valence-corrected chi connectivity index (χ1v) is 11.1. The number of aromatic nitrogens is 2. The van der Waals surface area contributed by atoms with E-state index in [9.17, 15) is 0 Å². The van der Waals surface area contributed by atoms with E-state index in [0.29, 0.717) is 0 Å². The molecule has 0 unspecified atom stereocenters. The van der Waals surface area contributed by atoms with E-state index in [-0.39, 0.29) is 0 Å². The fourth-order valence-electron chi connectivity index (χ4n) is 4.08. The first-order chi connectivity index (χ1) is 16.2. The zero-order chi connectivity index (χ0) is 22.6. The summed E-state index contributed by atoms with van der Waals surface area (Å²) < 4.78 is 5.69. The number of ether oxygens (including phenoxy) is 1. The van der Waals surface area contributed by atoms with Gasteiger partial charge in [0.25, 0.3) is 0 Å². The van der Waals surface area contributed by atoms with Crippen LogP contribution >= 0.6 is 0 Å². The van der Waals surface area contributed by atoms with E-state index < -0.39 is 0 Å². The molecule has 7 nitrogen and oxygen atoms in total. The van der Waals surface area contributed by atoms with Gasteiger partial charge < -0.3 is 25.2 Å². The summed E-state index contributed by atoms with van der Waals surface area (Å²) in [6, 6.07) is 20.4. The highest BCUT2D eigenvalue weighted by molar-refractivity contribution is 5.83. The highest BCUT2D eigenvalue weighted by Gasteiger charge is 2.16. The van der Waals surface area contributed by atoms with Crippen molar-refractivity contribution >= 4 is 39.5 Å². The summed E-state index contributed by atoms with van der Waals surface area (Å²) in [6.07, 6.45) is 3.60. The van der Waals surface area contributed by atoms with Crippen molar-refractivity contribution in [3.63, 3.8) is 0 Å². The number of nitrogens with zero attached hydrogens (tertiary/aromatic N) is 4. The second-order valence-corrected chi connectivity index (χ2v) is 8.27. The second kappa shape index (κ2) is 9.34. The van der Waals surface area contributed by atoms with Gasteiger partial charge >= 0.3 is 0 Å². The van der Waals surface area contributed by atoms with Crippen LogP contribution in [0.5, 0.6) is 5.75 Å². The number of rotatable bonds is 6. The standard InChI is InChI=1S/C26H28N6O/c1-31-12-14-32(15-13-31)22-6-8-24(25(18-22)33-2)30-26-17-21(9-11-28-26)29-20-5-7-23-19(16-20)4-3-10-27-23/h3-11,16-18H,12-15H2,1-2H3,(H2,28,29,30). The Morgan fingerprint density at radius 3 is 2.52 bits per heavy atom. The maximum absolute atomic E-state index is 5.69. The van der Waals surface area contributed by atoms with Crippen LogP contribution in [0.4, 0.5) is 28.6 Å². The third-order valence-corrected chi connectivity index (χ3v) is 5.97. The molecular formula is C26H28N6O. The van der Waals surface area contributed by atoms with E-state index in [1.165, 1.54) is 5.69 Å². The van der Waals surface area contributed by atoms with E-state index in [4.69, 9.17) is 4.74 Å². The second-order valence-electron chi connectivity index (χ2n) is 8.27. The highest BCUT2D eigenvalue weighted by atomic mass is 16.5. The van der Waals surface area contributed by atoms with Crippen molar-refractivity contribution in [1.82, 2.24) is 14.9 Å². The molecule has 0 amide bonds. The van der Waals surface area contributed by atoms with Crippen molar-refractivity contribution in [1.29, 1.82) is 0 Å². The van der Waals surface area contributed by atoms with E-state index in [1.54, 1.807) is 13.3 Å². The molecule has 1 aliphatic heterocycles. The molecule has 1 fully saturated rings. The van der Waals surface area contributed by atoms with E-state index in [0.717, 1.165) is 65.7 Å². The normalized spacial score (nSPS) is 14.3. The summed E-state index contributed by atoms with van der Waals surface area (Å²) >= 11 is 0. The first-order valence-electron chi connectivity index (χ1n) is 11.1. The topological polar surface area (TPSA) is 65.6 Å². The van der Waals surface area contributed by atoms with Crippen molar-refractivity contribution in [2.24, 2.45) is 0 Å². The largest absolute Gasteiger partial charge is 0.494 e. The molecule has 1 saturated heterocycles. The number of anilines is 5. The van der Waals surface area contributed by atoms with Gasteiger partial charge in [-0.1, -0.05) is 6.07 Å². The van der Waals surface area contributed by atoms with Crippen LogP contribution in [-0.2, 0) is 0 Å². The molecule has 0 aliphatic carbocycles. The lowest BCUT2D eigenvalue weighted by molar-refractivity contribution is 0.312. The molecule has 0 spiro atoms. The molecule has 7 heteroatoms. The molecule has 2 aromatic heterocycles.